The number of thiophene rings is 1. The lowest BCUT2D eigenvalue weighted by Crippen LogP contribution is -2.26. The Morgan fingerprint density at radius 1 is 1.30 bits per heavy atom. The molecule has 108 valence electrons. The van der Waals surface area contributed by atoms with Gasteiger partial charge in [-0.25, -0.2) is 13.1 Å². The molecule has 0 spiro atoms. The Balaban J connectivity index is 2.04. The normalized spacial score (nSPS) is 11.7. The third kappa shape index (κ3) is 3.59. The van der Waals surface area contributed by atoms with Crippen LogP contribution in [0.3, 0.4) is 0 Å². The number of nitrogens with two attached hydrogens (primary N) is 1. The molecule has 0 aliphatic rings. The predicted molar refractivity (Wildman–Crippen MR) is 83.4 cm³/mol. The van der Waals surface area contributed by atoms with E-state index in [1.54, 1.807) is 23.5 Å². The summed E-state index contributed by atoms with van der Waals surface area (Å²) < 4.78 is 26.9. The third-order valence-electron chi connectivity index (χ3n) is 3.05. The average molecular weight is 310 g/mol. The summed E-state index contributed by atoms with van der Waals surface area (Å²) in [5.41, 5.74) is 7.33. The monoisotopic (exact) mass is 310 g/mol. The second kappa shape index (κ2) is 6.39. The number of aryl methyl sites for hydroxylation is 1. The minimum atomic E-state index is -3.49. The Bertz CT molecular complexity index is 664. The van der Waals surface area contributed by atoms with Crippen molar-refractivity contribution in [3.8, 4) is 0 Å². The van der Waals surface area contributed by atoms with Crippen molar-refractivity contribution in [2.45, 2.75) is 24.7 Å². The Hall–Kier alpha value is -1.37. The first kappa shape index (κ1) is 15.0. The van der Waals surface area contributed by atoms with Crippen LogP contribution in [0.4, 0.5) is 5.69 Å². The van der Waals surface area contributed by atoms with Crippen LogP contribution in [0.25, 0.3) is 0 Å². The van der Waals surface area contributed by atoms with Crippen LogP contribution in [-0.4, -0.2) is 15.0 Å². The van der Waals surface area contributed by atoms with E-state index in [1.807, 2.05) is 24.4 Å². The number of rotatable bonds is 6. The summed E-state index contributed by atoms with van der Waals surface area (Å²) in [7, 11) is -3.49. The van der Waals surface area contributed by atoms with Crippen LogP contribution in [0.1, 0.15) is 17.4 Å². The zero-order valence-corrected chi connectivity index (χ0v) is 12.9. The SMILES string of the molecule is CCc1ccc(S(=O)(=O)NCCc2cccs2)cc1N. The van der Waals surface area contributed by atoms with Gasteiger partial charge in [0.15, 0.2) is 0 Å². The van der Waals surface area contributed by atoms with Crippen molar-refractivity contribution in [1.29, 1.82) is 0 Å². The molecule has 0 unspecified atom stereocenters. The lowest BCUT2D eigenvalue weighted by atomic mass is 10.1. The van der Waals surface area contributed by atoms with Gasteiger partial charge in [-0.1, -0.05) is 19.1 Å². The van der Waals surface area contributed by atoms with Crippen molar-refractivity contribution in [3.05, 3.63) is 46.2 Å². The van der Waals surface area contributed by atoms with Crippen LogP contribution < -0.4 is 10.5 Å². The van der Waals surface area contributed by atoms with Crippen LogP contribution >= 0.6 is 11.3 Å². The fourth-order valence-electron chi connectivity index (χ4n) is 1.91. The van der Waals surface area contributed by atoms with E-state index in [1.165, 1.54) is 6.07 Å². The Labute approximate surface area is 123 Å². The summed E-state index contributed by atoms with van der Waals surface area (Å²) in [6.45, 7) is 2.37. The average Bonchev–Trinajstić information content (AvgIpc) is 2.91. The zero-order valence-electron chi connectivity index (χ0n) is 11.3. The Morgan fingerprint density at radius 3 is 2.70 bits per heavy atom. The molecule has 6 heteroatoms. The quantitative estimate of drug-likeness (QED) is 0.805. The molecule has 2 rings (SSSR count). The molecule has 3 N–H and O–H groups in total. The first-order chi connectivity index (χ1) is 9.53. The van der Waals surface area contributed by atoms with E-state index in [0.717, 1.165) is 16.9 Å². The molecule has 1 aromatic carbocycles. The summed E-state index contributed by atoms with van der Waals surface area (Å²) in [6.07, 6.45) is 1.48. The maximum Gasteiger partial charge on any atom is 0.240 e. The van der Waals surface area contributed by atoms with Gasteiger partial charge in [0.25, 0.3) is 0 Å². The van der Waals surface area contributed by atoms with E-state index >= 15 is 0 Å². The molecule has 1 aromatic heterocycles. The van der Waals surface area contributed by atoms with Crippen molar-refractivity contribution in [2.75, 3.05) is 12.3 Å². The number of benzene rings is 1. The number of hydrogen-bond acceptors (Lipinski definition) is 4. The van der Waals surface area contributed by atoms with Crippen LogP contribution in [0.5, 0.6) is 0 Å². The number of nitrogens with one attached hydrogen (secondary N) is 1. The second-order valence-corrected chi connectivity index (χ2v) is 7.24. The molecule has 0 saturated heterocycles. The first-order valence-corrected chi connectivity index (χ1v) is 8.79. The topological polar surface area (TPSA) is 72.2 Å². The van der Waals surface area contributed by atoms with Crippen molar-refractivity contribution < 1.29 is 8.42 Å². The van der Waals surface area contributed by atoms with Gasteiger partial charge < -0.3 is 5.73 Å². The van der Waals surface area contributed by atoms with E-state index in [-0.39, 0.29) is 4.90 Å². The van der Waals surface area contributed by atoms with Crippen LogP contribution in [0.2, 0.25) is 0 Å². The molecule has 0 aliphatic carbocycles. The maximum absolute atomic E-state index is 12.1. The van der Waals surface area contributed by atoms with E-state index < -0.39 is 10.0 Å². The van der Waals surface area contributed by atoms with Crippen LogP contribution in [0.15, 0.2) is 40.6 Å². The van der Waals surface area contributed by atoms with Crippen molar-refractivity contribution in [3.63, 3.8) is 0 Å². The standard InChI is InChI=1S/C14H18N2O2S2/c1-2-11-5-6-13(10-14(11)15)20(17,18)16-8-7-12-4-3-9-19-12/h3-6,9-10,16H,2,7-8,15H2,1H3. The molecular weight excluding hydrogens is 292 g/mol. The van der Waals surface area contributed by atoms with E-state index in [0.29, 0.717) is 18.7 Å². The molecule has 1 heterocycles. The maximum atomic E-state index is 12.1. The van der Waals surface area contributed by atoms with Gasteiger partial charge in [0.1, 0.15) is 0 Å². The summed E-state index contributed by atoms with van der Waals surface area (Å²) in [6, 6.07) is 8.84. The number of nitrogen functional groups attached to an aromatic ring is 1. The molecule has 0 atom stereocenters. The first-order valence-electron chi connectivity index (χ1n) is 6.43. The van der Waals surface area contributed by atoms with Crippen molar-refractivity contribution >= 4 is 27.0 Å². The van der Waals surface area contributed by atoms with Crippen LogP contribution in [0, 0.1) is 0 Å². The van der Waals surface area contributed by atoms with Gasteiger partial charge in [-0.05, 0) is 42.0 Å². The lowest BCUT2D eigenvalue weighted by Gasteiger charge is -2.09. The molecule has 0 amide bonds. The van der Waals surface area contributed by atoms with Gasteiger partial charge >= 0.3 is 0 Å². The third-order valence-corrected chi connectivity index (χ3v) is 5.45. The van der Waals surface area contributed by atoms with E-state index in [4.69, 9.17) is 5.73 Å². The molecule has 0 radical (unpaired) electrons. The van der Waals surface area contributed by atoms with Gasteiger partial charge in [-0.3, -0.25) is 0 Å². The molecular formula is C14H18N2O2S2. The predicted octanol–water partition coefficient (Wildman–Crippen LogP) is 2.41. The lowest BCUT2D eigenvalue weighted by molar-refractivity contribution is 0.582. The summed E-state index contributed by atoms with van der Waals surface area (Å²) >= 11 is 1.62. The molecule has 0 fully saturated rings. The summed E-state index contributed by atoms with van der Waals surface area (Å²) in [5, 5.41) is 1.98. The van der Waals surface area contributed by atoms with E-state index in [9.17, 15) is 8.42 Å². The van der Waals surface area contributed by atoms with Crippen molar-refractivity contribution in [1.82, 2.24) is 4.72 Å². The number of sulfonamides is 1. The van der Waals surface area contributed by atoms with Gasteiger partial charge in [-0.2, -0.15) is 0 Å². The number of anilines is 1. The molecule has 0 aliphatic heterocycles. The van der Waals surface area contributed by atoms with Gasteiger partial charge in [0.05, 0.1) is 4.90 Å². The molecule has 20 heavy (non-hydrogen) atoms. The highest BCUT2D eigenvalue weighted by Crippen LogP contribution is 2.18. The van der Waals surface area contributed by atoms with Crippen molar-refractivity contribution in [2.24, 2.45) is 0 Å². The van der Waals surface area contributed by atoms with Gasteiger partial charge in [-0.15, -0.1) is 11.3 Å². The fourth-order valence-corrected chi connectivity index (χ4v) is 3.68. The summed E-state index contributed by atoms with van der Waals surface area (Å²) in [4.78, 5) is 1.38. The highest BCUT2D eigenvalue weighted by molar-refractivity contribution is 7.89. The Morgan fingerprint density at radius 2 is 2.10 bits per heavy atom. The molecule has 4 nitrogen and oxygen atoms in total. The second-order valence-electron chi connectivity index (χ2n) is 4.44. The van der Waals surface area contributed by atoms with Crippen LogP contribution in [-0.2, 0) is 22.9 Å². The highest BCUT2D eigenvalue weighted by atomic mass is 32.2. The minimum Gasteiger partial charge on any atom is -0.398 e. The minimum absolute atomic E-state index is 0.221. The van der Waals surface area contributed by atoms with Gasteiger partial charge in [0, 0.05) is 17.1 Å². The fraction of sp³-hybridized carbons (Fsp3) is 0.286. The molecule has 0 bridgehead atoms. The van der Waals surface area contributed by atoms with Gasteiger partial charge in [0.2, 0.25) is 10.0 Å². The smallest absolute Gasteiger partial charge is 0.240 e. The Kier molecular flexibility index (Phi) is 4.80. The highest BCUT2D eigenvalue weighted by Gasteiger charge is 2.14. The summed E-state index contributed by atoms with van der Waals surface area (Å²) in [5.74, 6) is 0. The zero-order chi connectivity index (χ0) is 14.6. The van der Waals surface area contributed by atoms with E-state index in [2.05, 4.69) is 4.72 Å². The number of hydrogen-bond donors (Lipinski definition) is 2. The molecule has 0 saturated carbocycles. The molecule has 2 aromatic rings. The largest absolute Gasteiger partial charge is 0.398 e.